The lowest BCUT2D eigenvalue weighted by atomic mass is 10.1. The predicted octanol–water partition coefficient (Wildman–Crippen LogP) is 3.67. The minimum atomic E-state index is -0.481. The highest BCUT2D eigenvalue weighted by Gasteiger charge is 2.07. The molecule has 1 aromatic heterocycles. The van der Waals surface area contributed by atoms with E-state index >= 15 is 0 Å². The van der Waals surface area contributed by atoms with Gasteiger partial charge in [-0.2, -0.15) is 0 Å². The van der Waals surface area contributed by atoms with E-state index in [4.69, 9.17) is 9.15 Å². The first-order valence-corrected chi connectivity index (χ1v) is 7.31. The number of hydrogen-bond donors (Lipinski definition) is 1. The molecule has 0 fully saturated rings. The third-order valence-corrected chi connectivity index (χ3v) is 3.25. The molecule has 0 aliphatic carbocycles. The van der Waals surface area contributed by atoms with Crippen LogP contribution in [0.15, 0.2) is 71.5 Å². The van der Waals surface area contributed by atoms with Crippen molar-refractivity contribution >= 4 is 6.09 Å². The van der Waals surface area contributed by atoms with E-state index in [1.54, 1.807) is 24.4 Å². The molecule has 3 aromatic rings. The number of hydrogen-bond acceptors (Lipinski definition) is 4. The Labute approximate surface area is 133 Å². The first-order valence-electron chi connectivity index (χ1n) is 7.31. The smallest absolute Gasteiger partial charge is 0.412 e. The van der Waals surface area contributed by atoms with Gasteiger partial charge in [0, 0.05) is 12.1 Å². The zero-order chi connectivity index (χ0) is 15.9. The Balaban J connectivity index is 1.53. The summed E-state index contributed by atoms with van der Waals surface area (Å²) < 4.78 is 10.5. The Morgan fingerprint density at radius 1 is 1.13 bits per heavy atom. The normalized spacial score (nSPS) is 10.3. The van der Waals surface area contributed by atoms with Crippen molar-refractivity contribution in [3.8, 4) is 17.2 Å². The van der Waals surface area contributed by atoms with Crippen LogP contribution in [0.2, 0.25) is 0 Å². The summed E-state index contributed by atoms with van der Waals surface area (Å²) in [6.45, 7) is 0.516. The van der Waals surface area contributed by atoms with Gasteiger partial charge in [0.15, 0.2) is 0 Å². The Hall–Kier alpha value is -3.08. The third-order valence-electron chi connectivity index (χ3n) is 3.25. The van der Waals surface area contributed by atoms with Crippen LogP contribution in [0.5, 0.6) is 5.75 Å². The van der Waals surface area contributed by atoms with Gasteiger partial charge in [0.05, 0.1) is 6.20 Å². The quantitative estimate of drug-likeness (QED) is 0.781. The van der Waals surface area contributed by atoms with Gasteiger partial charge >= 0.3 is 6.09 Å². The molecule has 2 aromatic carbocycles. The second kappa shape index (κ2) is 7.26. The summed E-state index contributed by atoms with van der Waals surface area (Å²) in [6.07, 6.45) is 3.34. The van der Waals surface area contributed by atoms with Crippen LogP contribution in [0.1, 0.15) is 5.56 Å². The van der Waals surface area contributed by atoms with Crippen LogP contribution >= 0.6 is 0 Å². The summed E-state index contributed by atoms with van der Waals surface area (Å²) in [5.74, 6) is 0.929. The summed E-state index contributed by atoms with van der Waals surface area (Å²) in [5.41, 5.74) is 1.92. The first-order chi connectivity index (χ1) is 11.3. The molecule has 0 bridgehead atoms. The van der Waals surface area contributed by atoms with Crippen LogP contribution in [0.3, 0.4) is 0 Å². The Bertz CT molecular complexity index is 755. The van der Waals surface area contributed by atoms with Crippen molar-refractivity contribution in [3.63, 3.8) is 0 Å². The number of nitrogens with zero attached hydrogens (tertiary/aromatic N) is 1. The maximum Gasteiger partial charge on any atom is 0.412 e. The number of rotatable bonds is 5. The Kier molecular flexibility index (Phi) is 4.69. The van der Waals surface area contributed by atoms with Gasteiger partial charge in [0.2, 0.25) is 5.89 Å². The molecular formula is C18H16N2O3. The first kappa shape index (κ1) is 14.8. The number of carbonyl (C=O) groups excluding carboxylic acids is 1. The fraction of sp³-hybridized carbons (Fsp3) is 0.111. The van der Waals surface area contributed by atoms with E-state index in [0.717, 1.165) is 12.0 Å². The fourth-order valence-corrected chi connectivity index (χ4v) is 2.16. The molecule has 1 amide bonds. The van der Waals surface area contributed by atoms with Crippen LogP contribution in [0.4, 0.5) is 4.79 Å². The summed E-state index contributed by atoms with van der Waals surface area (Å²) in [5, 5.41) is 2.73. The van der Waals surface area contributed by atoms with E-state index in [0.29, 0.717) is 18.2 Å². The van der Waals surface area contributed by atoms with Gasteiger partial charge in [0.1, 0.15) is 12.0 Å². The molecule has 0 radical (unpaired) electrons. The molecule has 0 saturated carbocycles. The van der Waals surface area contributed by atoms with Crippen LogP contribution in [0, 0.1) is 0 Å². The standard InChI is InChI=1S/C18H16N2O3/c21-18(20-10-9-14-5-2-1-3-6-14)23-16-8-4-7-15(13-16)17-19-11-12-22-17/h1-8,11-13H,9-10H2,(H,20,21). The largest absolute Gasteiger partial charge is 0.445 e. The summed E-state index contributed by atoms with van der Waals surface area (Å²) in [4.78, 5) is 15.9. The van der Waals surface area contributed by atoms with Gasteiger partial charge in [0.25, 0.3) is 0 Å². The van der Waals surface area contributed by atoms with E-state index < -0.39 is 6.09 Å². The Morgan fingerprint density at radius 2 is 2.00 bits per heavy atom. The average Bonchev–Trinajstić information content (AvgIpc) is 3.11. The molecule has 0 unspecified atom stereocenters. The van der Waals surface area contributed by atoms with Gasteiger partial charge in [-0.25, -0.2) is 9.78 Å². The summed E-state index contributed by atoms with van der Waals surface area (Å²) in [6, 6.07) is 17.0. The summed E-state index contributed by atoms with van der Waals surface area (Å²) in [7, 11) is 0. The Morgan fingerprint density at radius 3 is 2.78 bits per heavy atom. The number of ether oxygens (including phenoxy) is 1. The lowest BCUT2D eigenvalue weighted by molar-refractivity contribution is 0.200. The van der Waals surface area contributed by atoms with Crippen molar-refractivity contribution in [1.29, 1.82) is 0 Å². The third kappa shape index (κ3) is 4.20. The summed E-state index contributed by atoms with van der Waals surface area (Å²) >= 11 is 0. The molecule has 0 aliphatic heterocycles. The van der Waals surface area contributed by atoms with E-state index in [9.17, 15) is 4.79 Å². The predicted molar refractivity (Wildman–Crippen MR) is 86.1 cm³/mol. The maximum atomic E-state index is 11.8. The number of benzene rings is 2. The van der Waals surface area contributed by atoms with Crippen molar-refractivity contribution < 1.29 is 13.9 Å². The topological polar surface area (TPSA) is 64.4 Å². The van der Waals surface area contributed by atoms with Crippen molar-refractivity contribution in [2.45, 2.75) is 6.42 Å². The van der Waals surface area contributed by atoms with E-state index in [1.807, 2.05) is 36.4 Å². The maximum absolute atomic E-state index is 11.8. The zero-order valence-corrected chi connectivity index (χ0v) is 12.4. The molecule has 0 spiro atoms. The van der Waals surface area contributed by atoms with Crippen molar-refractivity contribution in [2.75, 3.05) is 6.54 Å². The van der Waals surface area contributed by atoms with Crippen LogP contribution in [-0.4, -0.2) is 17.6 Å². The molecule has 23 heavy (non-hydrogen) atoms. The van der Waals surface area contributed by atoms with Gasteiger partial charge in [-0.05, 0) is 30.2 Å². The van der Waals surface area contributed by atoms with Gasteiger partial charge in [-0.3, -0.25) is 0 Å². The highest BCUT2D eigenvalue weighted by atomic mass is 16.6. The fourth-order valence-electron chi connectivity index (χ4n) is 2.16. The van der Waals surface area contributed by atoms with Crippen molar-refractivity contribution in [2.24, 2.45) is 0 Å². The molecular weight excluding hydrogens is 292 g/mol. The molecule has 5 nitrogen and oxygen atoms in total. The minimum absolute atomic E-state index is 0.443. The number of amides is 1. The molecule has 3 rings (SSSR count). The second-order valence-electron chi connectivity index (χ2n) is 4.92. The molecule has 1 heterocycles. The van der Waals surface area contributed by atoms with Crippen LogP contribution in [-0.2, 0) is 6.42 Å². The zero-order valence-electron chi connectivity index (χ0n) is 12.4. The second-order valence-corrected chi connectivity index (χ2v) is 4.92. The van der Waals surface area contributed by atoms with Gasteiger partial charge in [-0.15, -0.1) is 0 Å². The van der Waals surface area contributed by atoms with E-state index in [2.05, 4.69) is 10.3 Å². The van der Waals surface area contributed by atoms with E-state index in [-0.39, 0.29) is 0 Å². The molecule has 1 N–H and O–H groups in total. The molecule has 116 valence electrons. The lowest BCUT2D eigenvalue weighted by Crippen LogP contribution is -2.28. The number of oxazole rings is 1. The number of nitrogens with one attached hydrogen (secondary N) is 1. The number of aromatic nitrogens is 1. The molecule has 0 aliphatic rings. The van der Waals surface area contributed by atoms with Gasteiger partial charge in [-0.1, -0.05) is 36.4 Å². The number of carbonyl (C=O) groups is 1. The van der Waals surface area contributed by atoms with E-state index in [1.165, 1.54) is 11.8 Å². The minimum Gasteiger partial charge on any atom is -0.445 e. The van der Waals surface area contributed by atoms with Crippen molar-refractivity contribution in [1.82, 2.24) is 10.3 Å². The van der Waals surface area contributed by atoms with Crippen LogP contribution in [0.25, 0.3) is 11.5 Å². The van der Waals surface area contributed by atoms with Gasteiger partial charge < -0.3 is 14.5 Å². The molecule has 5 heteroatoms. The molecule has 0 atom stereocenters. The molecule has 0 saturated heterocycles. The monoisotopic (exact) mass is 308 g/mol. The highest BCUT2D eigenvalue weighted by Crippen LogP contribution is 2.22. The SMILES string of the molecule is O=C(NCCc1ccccc1)Oc1cccc(-c2ncco2)c1. The highest BCUT2D eigenvalue weighted by molar-refractivity contribution is 5.71. The van der Waals surface area contributed by atoms with Crippen molar-refractivity contribution in [3.05, 3.63) is 72.6 Å². The lowest BCUT2D eigenvalue weighted by Gasteiger charge is -2.07. The van der Waals surface area contributed by atoms with Crippen LogP contribution < -0.4 is 10.1 Å². The average molecular weight is 308 g/mol.